The standard InChI is InChI=1S/C17H24FN3O4S/c1-19-7-13-8-20(16(9-19)12-25-11-13)17(22)10-21(26(2,23)24)15-5-3-4-14(18)6-15/h3-6,13,16H,7-12H2,1-2H3/t13-,16-/m0/s1. The molecule has 144 valence electrons. The van der Waals surface area contributed by atoms with Gasteiger partial charge in [0.25, 0.3) is 0 Å². The summed E-state index contributed by atoms with van der Waals surface area (Å²) < 4.78 is 44.6. The zero-order chi connectivity index (χ0) is 18.9. The van der Waals surface area contributed by atoms with Gasteiger partial charge in [0.05, 0.1) is 31.2 Å². The van der Waals surface area contributed by atoms with Crippen LogP contribution in [0.15, 0.2) is 24.3 Å². The molecule has 0 spiro atoms. The highest BCUT2D eigenvalue weighted by Gasteiger charge is 2.36. The fraction of sp³-hybridized carbons (Fsp3) is 0.588. The van der Waals surface area contributed by atoms with Gasteiger partial charge < -0.3 is 14.5 Å². The number of rotatable bonds is 4. The van der Waals surface area contributed by atoms with Crippen molar-refractivity contribution in [2.75, 3.05) is 57.0 Å². The smallest absolute Gasteiger partial charge is 0.243 e. The molecule has 0 unspecified atom stereocenters. The third-order valence-corrected chi connectivity index (χ3v) is 5.89. The third kappa shape index (κ3) is 4.33. The van der Waals surface area contributed by atoms with Crippen LogP contribution in [0.2, 0.25) is 0 Å². The van der Waals surface area contributed by atoms with E-state index >= 15 is 0 Å². The van der Waals surface area contributed by atoms with Crippen LogP contribution in [0.25, 0.3) is 0 Å². The molecule has 3 rings (SSSR count). The molecule has 2 saturated heterocycles. The van der Waals surface area contributed by atoms with E-state index in [2.05, 4.69) is 4.90 Å². The number of hydrogen-bond donors (Lipinski definition) is 0. The molecule has 1 aromatic carbocycles. The molecule has 7 nitrogen and oxygen atoms in total. The van der Waals surface area contributed by atoms with Gasteiger partial charge in [-0.3, -0.25) is 9.10 Å². The Morgan fingerprint density at radius 1 is 1.31 bits per heavy atom. The maximum absolute atomic E-state index is 13.5. The van der Waals surface area contributed by atoms with E-state index in [4.69, 9.17) is 4.74 Å². The lowest BCUT2D eigenvalue weighted by atomic mass is 10.1. The minimum Gasteiger partial charge on any atom is -0.379 e. The van der Waals surface area contributed by atoms with Crippen LogP contribution in [0.5, 0.6) is 0 Å². The Kier molecular flexibility index (Phi) is 5.50. The van der Waals surface area contributed by atoms with Gasteiger partial charge in [-0.05, 0) is 25.2 Å². The Hall–Kier alpha value is -1.71. The highest BCUT2D eigenvalue weighted by Crippen LogP contribution is 2.22. The number of anilines is 1. The summed E-state index contributed by atoms with van der Waals surface area (Å²) in [7, 11) is -1.72. The second-order valence-corrected chi connectivity index (χ2v) is 8.98. The molecule has 2 bridgehead atoms. The van der Waals surface area contributed by atoms with Crippen LogP contribution in [0.4, 0.5) is 10.1 Å². The van der Waals surface area contributed by atoms with Crippen molar-refractivity contribution >= 4 is 21.6 Å². The number of benzene rings is 1. The molecular weight excluding hydrogens is 361 g/mol. The van der Waals surface area contributed by atoms with Crippen LogP contribution >= 0.6 is 0 Å². The van der Waals surface area contributed by atoms with Gasteiger partial charge in [0.15, 0.2) is 0 Å². The normalized spacial score (nSPS) is 24.2. The predicted molar refractivity (Wildman–Crippen MR) is 95.9 cm³/mol. The van der Waals surface area contributed by atoms with Crippen molar-refractivity contribution in [3.05, 3.63) is 30.1 Å². The first-order valence-electron chi connectivity index (χ1n) is 8.53. The maximum Gasteiger partial charge on any atom is 0.243 e. The summed E-state index contributed by atoms with van der Waals surface area (Å²) in [5.74, 6) is -0.656. The van der Waals surface area contributed by atoms with Gasteiger partial charge in [-0.25, -0.2) is 12.8 Å². The molecule has 0 radical (unpaired) electrons. The average molecular weight is 385 g/mol. The summed E-state index contributed by atoms with van der Waals surface area (Å²) in [6.07, 6.45) is 1.02. The first kappa shape index (κ1) is 19.1. The molecule has 2 atom stereocenters. The summed E-state index contributed by atoms with van der Waals surface area (Å²) in [5, 5.41) is 0. The lowest BCUT2D eigenvalue weighted by molar-refractivity contribution is -0.132. The van der Waals surface area contributed by atoms with Crippen LogP contribution in [0.3, 0.4) is 0 Å². The van der Waals surface area contributed by atoms with Gasteiger partial charge in [0.2, 0.25) is 15.9 Å². The summed E-state index contributed by atoms with van der Waals surface area (Å²) in [4.78, 5) is 16.9. The van der Waals surface area contributed by atoms with E-state index in [0.717, 1.165) is 23.2 Å². The van der Waals surface area contributed by atoms with Crippen LogP contribution in [0, 0.1) is 11.7 Å². The number of likely N-dealkylation sites (N-methyl/N-ethyl adjacent to an activating group) is 1. The fourth-order valence-electron chi connectivity index (χ4n) is 3.63. The number of hydrogen-bond acceptors (Lipinski definition) is 5. The maximum atomic E-state index is 13.5. The van der Waals surface area contributed by atoms with Crippen LogP contribution in [0.1, 0.15) is 0 Å². The second-order valence-electron chi connectivity index (χ2n) is 7.07. The molecule has 9 heteroatoms. The minimum atomic E-state index is -3.73. The van der Waals surface area contributed by atoms with Gasteiger partial charge in [-0.1, -0.05) is 6.07 Å². The molecule has 2 aliphatic rings. The van der Waals surface area contributed by atoms with Crippen molar-refractivity contribution < 1.29 is 22.3 Å². The van der Waals surface area contributed by atoms with E-state index in [1.54, 1.807) is 4.90 Å². The molecule has 1 amide bonds. The van der Waals surface area contributed by atoms with Crippen molar-refractivity contribution in [1.29, 1.82) is 0 Å². The van der Waals surface area contributed by atoms with E-state index in [-0.39, 0.29) is 30.1 Å². The van der Waals surface area contributed by atoms with Crippen molar-refractivity contribution in [3.8, 4) is 0 Å². The van der Waals surface area contributed by atoms with Gasteiger partial charge >= 0.3 is 0 Å². The summed E-state index contributed by atoms with van der Waals surface area (Å²) in [5.41, 5.74) is 0.145. The Morgan fingerprint density at radius 3 is 2.77 bits per heavy atom. The van der Waals surface area contributed by atoms with E-state index in [0.29, 0.717) is 26.3 Å². The zero-order valence-corrected chi connectivity index (χ0v) is 15.8. The summed E-state index contributed by atoms with van der Waals surface area (Å²) in [6, 6.07) is 5.14. The number of halogens is 1. The predicted octanol–water partition coefficient (Wildman–Crippen LogP) is 0.381. The zero-order valence-electron chi connectivity index (χ0n) is 15.0. The van der Waals surface area contributed by atoms with Crippen molar-refractivity contribution in [2.45, 2.75) is 6.04 Å². The molecule has 0 aliphatic carbocycles. The third-order valence-electron chi connectivity index (χ3n) is 4.75. The van der Waals surface area contributed by atoms with E-state index < -0.39 is 15.8 Å². The largest absolute Gasteiger partial charge is 0.379 e. The van der Waals surface area contributed by atoms with Crippen LogP contribution in [-0.4, -0.2) is 82.9 Å². The number of sulfonamides is 1. The lowest BCUT2D eigenvalue weighted by Gasteiger charge is -2.32. The number of carbonyl (C=O) groups is 1. The van der Waals surface area contributed by atoms with Gasteiger partial charge in [-0.2, -0.15) is 0 Å². The molecule has 0 aromatic heterocycles. The topological polar surface area (TPSA) is 70.2 Å². The Balaban J connectivity index is 1.84. The summed E-state index contributed by atoms with van der Waals surface area (Å²) >= 11 is 0. The number of carbonyl (C=O) groups excluding carboxylic acids is 1. The fourth-order valence-corrected chi connectivity index (χ4v) is 4.47. The Morgan fingerprint density at radius 2 is 2.08 bits per heavy atom. The van der Waals surface area contributed by atoms with Gasteiger partial charge in [0.1, 0.15) is 12.4 Å². The molecular formula is C17H24FN3O4S. The molecule has 0 saturated carbocycles. The quantitative estimate of drug-likeness (QED) is 0.750. The van der Waals surface area contributed by atoms with Crippen molar-refractivity contribution in [3.63, 3.8) is 0 Å². The number of ether oxygens (including phenoxy) is 1. The number of nitrogens with zero attached hydrogens (tertiary/aromatic N) is 3. The van der Waals surface area contributed by atoms with Crippen LogP contribution in [-0.2, 0) is 19.6 Å². The Bertz CT molecular complexity index is 773. The molecule has 26 heavy (non-hydrogen) atoms. The first-order chi connectivity index (χ1) is 12.2. The van der Waals surface area contributed by atoms with E-state index in [1.807, 2.05) is 7.05 Å². The van der Waals surface area contributed by atoms with E-state index in [9.17, 15) is 17.6 Å². The number of fused-ring (bicyclic) bond motifs is 3. The highest BCUT2D eigenvalue weighted by molar-refractivity contribution is 7.92. The lowest BCUT2D eigenvalue weighted by Crippen LogP contribution is -2.50. The molecule has 0 N–H and O–H groups in total. The monoisotopic (exact) mass is 385 g/mol. The van der Waals surface area contributed by atoms with Gasteiger partial charge in [0, 0.05) is 25.6 Å². The first-order valence-corrected chi connectivity index (χ1v) is 10.4. The van der Waals surface area contributed by atoms with Crippen LogP contribution < -0.4 is 4.31 Å². The second kappa shape index (κ2) is 7.50. The number of amides is 1. The summed E-state index contributed by atoms with van der Waals surface area (Å²) in [6.45, 7) is 2.72. The molecule has 2 fully saturated rings. The van der Waals surface area contributed by atoms with Crippen molar-refractivity contribution in [2.24, 2.45) is 5.92 Å². The molecule has 1 aromatic rings. The van der Waals surface area contributed by atoms with Crippen molar-refractivity contribution in [1.82, 2.24) is 9.80 Å². The molecule has 2 heterocycles. The average Bonchev–Trinajstić information content (AvgIpc) is 2.81. The highest BCUT2D eigenvalue weighted by atomic mass is 32.2. The Labute approximate surface area is 153 Å². The van der Waals surface area contributed by atoms with E-state index in [1.165, 1.54) is 18.2 Å². The minimum absolute atomic E-state index is 0.117. The SMILES string of the molecule is CN1C[C@@H]2COC[C@H](C1)N(C(=O)CN(c1cccc(F)c1)S(C)(=O)=O)C2. The van der Waals surface area contributed by atoms with Gasteiger partial charge in [-0.15, -0.1) is 0 Å². The molecule has 2 aliphatic heterocycles.